The highest BCUT2D eigenvalue weighted by molar-refractivity contribution is 6.40. The molecule has 1 aliphatic heterocycles. The summed E-state index contributed by atoms with van der Waals surface area (Å²) in [5, 5.41) is 14.4. The first-order valence-electron chi connectivity index (χ1n) is 10.6. The topological polar surface area (TPSA) is 129 Å². The number of anilines is 2. The molecule has 1 aliphatic rings. The molecule has 5 amide bonds. The van der Waals surface area contributed by atoms with Crippen LogP contribution in [0.25, 0.3) is 0 Å². The maximum atomic E-state index is 13.1. The first kappa shape index (κ1) is 25.1. The largest absolute Gasteiger partial charge is 0.489 e. The number of carbonyl (C=O) groups is 4. The van der Waals surface area contributed by atoms with Crippen molar-refractivity contribution in [3.63, 3.8) is 0 Å². The Kier molecular flexibility index (Phi) is 7.27. The Morgan fingerprint density at radius 2 is 1.65 bits per heavy atom. The third kappa shape index (κ3) is 5.63. The van der Waals surface area contributed by atoms with E-state index in [1.807, 2.05) is 5.32 Å². The van der Waals surface area contributed by atoms with Gasteiger partial charge >= 0.3 is 6.03 Å². The third-order valence-electron chi connectivity index (χ3n) is 5.17. The molecule has 1 heterocycles. The number of hydrogen-bond donors (Lipinski definition) is 2. The van der Waals surface area contributed by atoms with Crippen LogP contribution in [0.2, 0.25) is 5.02 Å². The normalized spacial score (nSPS) is 14.5. The van der Waals surface area contributed by atoms with Crippen molar-refractivity contribution >= 4 is 46.7 Å². The number of amides is 5. The van der Waals surface area contributed by atoms with Gasteiger partial charge in [0.2, 0.25) is 0 Å². The van der Waals surface area contributed by atoms with Crippen molar-refractivity contribution in [3.8, 4) is 11.8 Å². The quantitative estimate of drug-likeness (QED) is 0.287. The zero-order valence-electron chi connectivity index (χ0n) is 18.8. The Morgan fingerprint density at radius 3 is 2.27 bits per heavy atom. The Hall–Kier alpha value is -5.01. The van der Waals surface area contributed by atoms with Crippen molar-refractivity contribution in [2.75, 3.05) is 10.2 Å². The van der Waals surface area contributed by atoms with Crippen LogP contribution in [0.5, 0.6) is 5.75 Å². The smallest absolute Gasteiger partial charge is 0.335 e. The predicted molar refractivity (Wildman–Crippen MR) is 131 cm³/mol. The minimum atomic E-state index is -1.19. The van der Waals surface area contributed by atoms with Crippen LogP contribution in [0.1, 0.15) is 5.56 Å². The average Bonchev–Trinajstić information content (AvgIpc) is 2.88. The number of carbonyl (C=O) groups excluding carboxylic acids is 4. The summed E-state index contributed by atoms with van der Waals surface area (Å²) in [6, 6.07) is 18.0. The van der Waals surface area contributed by atoms with Crippen LogP contribution in [0, 0.1) is 17.1 Å². The van der Waals surface area contributed by atoms with Crippen molar-refractivity contribution in [2.45, 2.75) is 6.61 Å². The molecule has 3 aromatic rings. The number of nitrogens with one attached hydrogen (secondary N) is 2. The molecule has 0 unspecified atom stereocenters. The first-order chi connectivity index (χ1) is 17.8. The third-order valence-corrected chi connectivity index (χ3v) is 5.42. The summed E-state index contributed by atoms with van der Waals surface area (Å²) in [7, 11) is 0. The number of benzene rings is 3. The predicted octanol–water partition coefficient (Wildman–Crippen LogP) is 4.10. The van der Waals surface area contributed by atoms with Gasteiger partial charge in [0.1, 0.15) is 35.4 Å². The Bertz CT molecular complexity index is 1460. The molecule has 2 N–H and O–H groups in total. The van der Waals surface area contributed by atoms with Crippen LogP contribution in [-0.2, 0) is 21.0 Å². The van der Waals surface area contributed by atoms with E-state index in [1.54, 1.807) is 30.3 Å². The molecule has 9 nitrogen and oxygen atoms in total. The highest BCUT2D eigenvalue weighted by Gasteiger charge is 2.40. The van der Waals surface area contributed by atoms with Gasteiger partial charge in [0.15, 0.2) is 0 Å². The lowest BCUT2D eigenvalue weighted by molar-refractivity contribution is -0.123. The van der Waals surface area contributed by atoms with E-state index in [0.717, 1.165) is 17.7 Å². The SMILES string of the molecule is N#C/C(C(=O)Nc1ccc(F)cc1)=C1/C(=O)NC(=O)N(c2ccc(OCc3ccc(Cl)cc3)cc2)C1=O. The van der Waals surface area contributed by atoms with Crippen molar-refractivity contribution in [3.05, 3.63) is 100 Å². The Morgan fingerprint density at radius 1 is 1.00 bits per heavy atom. The lowest BCUT2D eigenvalue weighted by Gasteiger charge is -2.26. The van der Waals surface area contributed by atoms with Crippen LogP contribution in [0.4, 0.5) is 20.6 Å². The molecule has 1 fully saturated rings. The van der Waals surface area contributed by atoms with Gasteiger partial charge in [0.25, 0.3) is 17.7 Å². The monoisotopic (exact) mass is 518 g/mol. The number of urea groups is 1. The van der Waals surface area contributed by atoms with E-state index in [1.165, 1.54) is 36.4 Å². The minimum absolute atomic E-state index is 0.0718. The summed E-state index contributed by atoms with van der Waals surface area (Å²) in [4.78, 5) is 51.3. The molecule has 3 aromatic carbocycles. The zero-order chi connectivity index (χ0) is 26.5. The minimum Gasteiger partial charge on any atom is -0.489 e. The van der Waals surface area contributed by atoms with E-state index in [9.17, 15) is 28.8 Å². The molecular formula is C26H16ClFN4O5. The van der Waals surface area contributed by atoms with Gasteiger partial charge < -0.3 is 10.1 Å². The highest BCUT2D eigenvalue weighted by Crippen LogP contribution is 2.25. The van der Waals surface area contributed by atoms with Crippen LogP contribution in [-0.4, -0.2) is 23.8 Å². The van der Waals surface area contributed by atoms with Gasteiger partial charge in [0, 0.05) is 10.7 Å². The molecule has 37 heavy (non-hydrogen) atoms. The summed E-state index contributed by atoms with van der Waals surface area (Å²) in [5.41, 5.74) is -0.555. The number of imide groups is 2. The Labute approximate surface area is 214 Å². The standard InChI is InChI=1S/C26H16ClFN4O5/c27-16-3-1-15(2-4-16)14-37-20-11-9-19(10-12-20)32-25(35)22(24(34)31-26(32)36)21(13-29)23(33)30-18-7-5-17(28)6-8-18/h1-12H,14H2,(H,30,33)(H,31,34,36)/b22-21+. The van der Waals surface area contributed by atoms with Crippen molar-refractivity contribution < 1.29 is 28.3 Å². The van der Waals surface area contributed by atoms with Gasteiger partial charge in [-0.1, -0.05) is 23.7 Å². The van der Waals surface area contributed by atoms with Gasteiger partial charge in [-0.15, -0.1) is 0 Å². The van der Waals surface area contributed by atoms with Crippen LogP contribution >= 0.6 is 11.6 Å². The van der Waals surface area contributed by atoms with E-state index in [0.29, 0.717) is 15.7 Å². The van der Waals surface area contributed by atoms with Gasteiger partial charge in [-0.3, -0.25) is 19.7 Å². The number of barbiturate groups is 1. The summed E-state index contributed by atoms with van der Waals surface area (Å²) in [5.74, 6) is -3.54. The summed E-state index contributed by atoms with van der Waals surface area (Å²) >= 11 is 5.87. The lowest BCUT2D eigenvalue weighted by Crippen LogP contribution is -2.55. The molecule has 0 atom stereocenters. The van der Waals surface area contributed by atoms with Crippen LogP contribution in [0.15, 0.2) is 83.9 Å². The molecule has 0 radical (unpaired) electrons. The molecule has 0 saturated carbocycles. The Balaban J connectivity index is 1.55. The fourth-order valence-electron chi connectivity index (χ4n) is 3.36. The maximum Gasteiger partial charge on any atom is 0.335 e. The second-order valence-electron chi connectivity index (χ2n) is 7.63. The maximum absolute atomic E-state index is 13.1. The fraction of sp³-hybridized carbons (Fsp3) is 0.0385. The number of nitrogens with zero attached hydrogens (tertiary/aromatic N) is 2. The highest BCUT2D eigenvalue weighted by atomic mass is 35.5. The van der Waals surface area contributed by atoms with Gasteiger partial charge in [-0.05, 0) is 66.2 Å². The van der Waals surface area contributed by atoms with E-state index in [4.69, 9.17) is 16.3 Å². The number of hydrogen-bond acceptors (Lipinski definition) is 6. The second kappa shape index (κ2) is 10.7. The van der Waals surface area contributed by atoms with Crippen LogP contribution in [0.3, 0.4) is 0 Å². The molecule has 0 aromatic heterocycles. The van der Waals surface area contributed by atoms with Gasteiger partial charge in [0.05, 0.1) is 5.69 Å². The molecule has 4 rings (SSSR count). The zero-order valence-corrected chi connectivity index (χ0v) is 19.6. The molecule has 11 heteroatoms. The first-order valence-corrected chi connectivity index (χ1v) is 11.0. The van der Waals surface area contributed by atoms with Crippen LogP contribution < -0.4 is 20.3 Å². The van der Waals surface area contributed by atoms with Gasteiger partial charge in [-0.2, -0.15) is 5.26 Å². The lowest BCUT2D eigenvalue weighted by atomic mass is 10.0. The number of rotatable bonds is 6. The molecule has 0 bridgehead atoms. The number of nitriles is 1. The summed E-state index contributed by atoms with van der Waals surface area (Å²) < 4.78 is 18.8. The average molecular weight is 519 g/mol. The number of ether oxygens (including phenoxy) is 1. The van der Waals surface area contributed by atoms with E-state index >= 15 is 0 Å². The summed E-state index contributed by atoms with van der Waals surface area (Å²) in [6.45, 7) is 0.246. The van der Waals surface area contributed by atoms with Gasteiger partial charge in [-0.25, -0.2) is 14.1 Å². The molecule has 184 valence electrons. The van der Waals surface area contributed by atoms with Crippen molar-refractivity contribution in [1.29, 1.82) is 5.26 Å². The van der Waals surface area contributed by atoms with Crippen molar-refractivity contribution in [2.24, 2.45) is 0 Å². The van der Waals surface area contributed by atoms with Crippen molar-refractivity contribution in [1.82, 2.24) is 5.32 Å². The van der Waals surface area contributed by atoms with E-state index < -0.39 is 40.7 Å². The molecule has 1 saturated heterocycles. The van der Waals surface area contributed by atoms with E-state index in [-0.39, 0.29) is 18.0 Å². The molecular weight excluding hydrogens is 503 g/mol. The summed E-state index contributed by atoms with van der Waals surface area (Å²) in [6.07, 6.45) is 0. The fourth-order valence-corrected chi connectivity index (χ4v) is 3.48. The number of halogens is 2. The molecule has 0 aliphatic carbocycles. The van der Waals surface area contributed by atoms with E-state index in [2.05, 4.69) is 5.32 Å². The second-order valence-corrected chi connectivity index (χ2v) is 8.07. The molecule has 0 spiro atoms.